The van der Waals surface area contributed by atoms with E-state index < -0.39 is 21.4 Å². The molecule has 3 N–H and O–H groups in total. The molecular formula is C50H45N3O6S. The number of aromatic nitrogens is 1. The third-order valence-corrected chi connectivity index (χ3v) is 12.6. The average Bonchev–Trinajstić information content (AvgIpc) is 3.26. The van der Waals surface area contributed by atoms with Crippen LogP contribution in [0.5, 0.6) is 11.5 Å². The van der Waals surface area contributed by atoms with E-state index in [4.69, 9.17) is 4.74 Å². The molecule has 302 valence electrons. The minimum atomic E-state index is -4.08. The van der Waals surface area contributed by atoms with Crippen molar-refractivity contribution in [3.63, 3.8) is 0 Å². The van der Waals surface area contributed by atoms with Crippen molar-refractivity contribution in [3.8, 4) is 22.6 Å². The number of aryl methyl sites for hydroxylation is 2. The Bertz CT molecular complexity index is 2890. The Kier molecular flexibility index (Phi) is 11.6. The molecule has 0 saturated heterocycles. The van der Waals surface area contributed by atoms with Crippen LogP contribution < -0.4 is 20.3 Å². The van der Waals surface area contributed by atoms with E-state index in [2.05, 4.69) is 21.9 Å². The van der Waals surface area contributed by atoms with Crippen molar-refractivity contribution < 1.29 is 22.7 Å². The number of fused-ring (bicyclic) bond motifs is 2. The van der Waals surface area contributed by atoms with E-state index in [1.807, 2.05) is 61.5 Å². The van der Waals surface area contributed by atoms with Gasteiger partial charge in [-0.3, -0.25) is 14.4 Å². The van der Waals surface area contributed by atoms with Crippen LogP contribution in [-0.2, 0) is 22.9 Å². The highest BCUT2D eigenvalue weighted by Crippen LogP contribution is 2.47. The maximum Gasteiger partial charge on any atom is 0.260 e. The lowest BCUT2D eigenvalue weighted by atomic mass is 9.80. The number of ether oxygens (including phenoxy) is 1. The van der Waals surface area contributed by atoms with Crippen molar-refractivity contribution >= 4 is 43.9 Å². The number of carbonyl (C=O) groups is 2. The second-order valence-electron chi connectivity index (χ2n) is 15.2. The molecule has 0 spiro atoms. The Morgan fingerprint density at radius 2 is 1.37 bits per heavy atom. The summed E-state index contributed by atoms with van der Waals surface area (Å²) in [6, 6.07) is 40.8. The summed E-state index contributed by atoms with van der Waals surface area (Å²) in [5, 5.41) is 3.61. The maximum atomic E-state index is 14.8. The molecule has 0 bridgehead atoms. The van der Waals surface area contributed by atoms with Crippen LogP contribution in [-0.4, -0.2) is 31.0 Å². The first-order chi connectivity index (χ1) is 29.1. The van der Waals surface area contributed by atoms with Crippen LogP contribution in [0.15, 0.2) is 149 Å². The fourth-order valence-corrected chi connectivity index (χ4v) is 9.35. The number of rotatable bonds is 16. The molecule has 0 fully saturated rings. The first-order valence-corrected chi connectivity index (χ1v) is 21.8. The molecule has 1 aromatic heterocycles. The van der Waals surface area contributed by atoms with Crippen LogP contribution in [0.4, 0.5) is 11.4 Å². The molecule has 0 amide bonds. The Balaban J connectivity index is 1.28. The quantitative estimate of drug-likeness (QED) is 0.0653. The molecule has 7 aromatic rings. The van der Waals surface area contributed by atoms with Gasteiger partial charge in [0.15, 0.2) is 17.3 Å². The van der Waals surface area contributed by atoms with E-state index in [9.17, 15) is 22.8 Å². The zero-order valence-corrected chi connectivity index (χ0v) is 34.3. The number of sulfonamides is 1. The number of ketones is 2. The molecule has 10 heteroatoms. The minimum Gasteiger partial charge on any atom is -0.455 e. The van der Waals surface area contributed by atoms with E-state index in [0.717, 1.165) is 36.8 Å². The molecule has 1 aliphatic carbocycles. The van der Waals surface area contributed by atoms with Gasteiger partial charge in [-0.25, -0.2) is 13.1 Å². The van der Waals surface area contributed by atoms with E-state index in [1.165, 1.54) is 6.07 Å². The summed E-state index contributed by atoms with van der Waals surface area (Å²) in [4.78, 5) is 46.3. The Morgan fingerprint density at radius 1 is 0.717 bits per heavy atom. The molecule has 6 aromatic carbocycles. The van der Waals surface area contributed by atoms with Crippen molar-refractivity contribution in [1.29, 1.82) is 0 Å². The number of nitrogens with one attached hydrogen (secondary N) is 3. The molecule has 8 rings (SSSR count). The van der Waals surface area contributed by atoms with Crippen LogP contribution in [0.25, 0.3) is 22.0 Å². The number of hydrogen-bond donors (Lipinski definition) is 3. The third-order valence-electron chi connectivity index (χ3n) is 10.9. The molecule has 0 aliphatic heterocycles. The van der Waals surface area contributed by atoms with Crippen LogP contribution in [0.2, 0.25) is 0 Å². The van der Waals surface area contributed by atoms with E-state index in [-0.39, 0.29) is 50.5 Å². The fourth-order valence-electron chi connectivity index (χ4n) is 7.91. The van der Waals surface area contributed by atoms with Gasteiger partial charge in [-0.05, 0) is 73.6 Å². The van der Waals surface area contributed by atoms with E-state index in [0.29, 0.717) is 46.2 Å². The van der Waals surface area contributed by atoms with Gasteiger partial charge in [-0.2, -0.15) is 0 Å². The number of benzene rings is 6. The number of H-pyrrole nitrogens is 1. The van der Waals surface area contributed by atoms with Gasteiger partial charge in [0.25, 0.3) is 5.56 Å². The van der Waals surface area contributed by atoms with Crippen molar-refractivity contribution in [2.24, 2.45) is 0 Å². The SMILES string of the molecule is CCCCCc1ccc(Oc2cc(Nc3ccccc3S(=O)(=O)NC(C)CCc3ccccc3)c3c4c(c(C(=O)c5ccccc5)c(=O)[nH]c24)-c2ccccc2C3=O)cc1. The van der Waals surface area contributed by atoms with Crippen molar-refractivity contribution in [3.05, 3.63) is 183 Å². The highest BCUT2D eigenvalue weighted by atomic mass is 32.2. The van der Waals surface area contributed by atoms with Crippen LogP contribution in [0, 0.1) is 0 Å². The van der Waals surface area contributed by atoms with Crippen molar-refractivity contribution in [2.75, 3.05) is 5.32 Å². The largest absolute Gasteiger partial charge is 0.455 e. The monoisotopic (exact) mass is 815 g/mol. The highest BCUT2D eigenvalue weighted by Gasteiger charge is 2.35. The van der Waals surface area contributed by atoms with Crippen molar-refractivity contribution in [2.45, 2.75) is 63.3 Å². The molecule has 1 heterocycles. The van der Waals surface area contributed by atoms with Gasteiger partial charge >= 0.3 is 0 Å². The molecule has 1 unspecified atom stereocenters. The van der Waals surface area contributed by atoms with Gasteiger partial charge < -0.3 is 15.0 Å². The molecule has 0 radical (unpaired) electrons. The molecule has 9 nitrogen and oxygen atoms in total. The zero-order chi connectivity index (χ0) is 41.8. The normalized spacial score (nSPS) is 12.5. The summed E-state index contributed by atoms with van der Waals surface area (Å²) in [5.41, 5.74) is 3.69. The van der Waals surface area contributed by atoms with Gasteiger partial charge in [0.05, 0.1) is 28.0 Å². The smallest absolute Gasteiger partial charge is 0.260 e. The Morgan fingerprint density at radius 3 is 2.10 bits per heavy atom. The summed E-state index contributed by atoms with van der Waals surface area (Å²) in [5.74, 6) is -0.187. The summed E-state index contributed by atoms with van der Waals surface area (Å²) >= 11 is 0. The van der Waals surface area contributed by atoms with E-state index in [1.54, 1.807) is 78.9 Å². The number of para-hydroxylation sites is 1. The lowest BCUT2D eigenvalue weighted by Crippen LogP contribution is -2.33. The van der Waals surface area contributed by atoms with Gasteiger partial charge in [-0.15, -0.1) is 0 Å². The average molecular weight is 816 g/mol. The first-order valence-electron chi connectivity index (χ1n) is 20.3. The molecule has 60 heavy (non-hydrogen) atoms. The van der Waals surface area contributed by atoms with Crippen LogP contribution >= 0.6 is 0 Å². The lowest BCUT2D eigenvalue weighted by molar-refractivity contribution is 0.102. The molecular weight excluding hydrogens is 771 g/mol. The molecule has 1 aliphatic rings. The van der Waals surface area contributed by atoms with Gasteiger partial charge in [-0.1, -0.05) is 129 Å². The lowest BCUT2D eigenvalue weighted by Gasteiger charge is -2.26. The van der Waals surface area contributed by atoms with Gasteiger partial charge in [0.2, 0.25) is 10.0 Å². The second kappa shape index (κ2) is 17.3. The summed E-state index contributed by atoms with van der Waals surface area (Å²) in [6.07, 6.45) is 5.52. The zero-order valence-electron chi connectivity index (χ0n) is 33.5. The fraction of sp³-hybridized carbons (Fsp3) is 0.180. The molecule has 1 atom stereocenters. The number of anilines is 2. The summed E-state index contributed by atoms with van der Waals surface area (Å²) < 4.78 is 37.6. The number of carbonyl (C=O) groups excluding carboxylic acids is 2. The highest BCUT2D eigenvalue weighted by molar-refractivity contribution is 7.89. The standard InChI is InChI=1S/C50H45N3O6S/c1-3-4-7-16-34-27-29-36(30-28-34)59-41-31-40(51-39-23-14-15-24-42(39)60(57,58)53-32(2)25-26-33-17-8-5-9-18-33)44-45-43(37-21-12-13-22-38(37)49(44)55)46(50(56)52-47(41)45)48(54)35-19-10-6-11-20-35/h5-6,8-15,17-24,27-32,51,53H,3-4,7,16,25-26H2,1-2H3,(H,52,56). The van der Waals surface area contributed by atoms with Gasteiger partial charge in [0, 0.05) is 34.2 Å². The maximum absolute atomic E-state index is 14.8. The summed E-state index contributed by atoms with van der Waals surface area (Å²) in [6.45, 7) is 4.00. The number of aromatic amines is 1. The predicted octanol–water partition coefficient (Wildman–Crippen LogP) is 10.5. The van der Waals surface area contributed by atoms with Crippen LogP contribution in [0.1, 0.15) is 82.5 Å². The third kappa shape index (κ3) is 8.16. The number of pyridine rings is 1. The van der Waals surface area contributed by atoms with Crippen LogP contribution in [0.3, 0.4) is 0 Å². The Labute approximate surface area is 349 Å². The van der Waals surface area contributed by atoms with Crippen molar-refractivity contribution in [1.82, 2.24) is 9.71 Å². The van der Waals surface area contributed by atoms with Gasteiger partial charge in [0.1, 0.15) is 10.6 Å². The Hall–Kier alpha value is -6.62. The molecule has 0 saturated carbocycles. The number of unbranched alkanes of at least 4 members (excludes halogenated alkanes) is 2. The second-order valence-corrected chi connectivity index (χ2v) is 16.9. The topological polar surface area (TPSA) is 134 Å². The predicted molar refractivity (Wildman–Crippen MR) is 237 cm³/mol. The first kappa shape index (κ1) is 40.2. The number of hydrogen-bond acceptors (Lipinski definition) is 7. The van der Waals surface area contributed by atoms with E-state index >= 15 is 0 Å². The summed E-state index contributed by atoms with van der Waals surface area (Å²) in [7, 11) is -4.08. The minimum absolute atomic E-state index is 0.0183.